The van der Waals surface area contributed by atoms with Crippen LogP contribution in [0.2, 0.25) is 0 Å². The predicted molar refractivity (Wildman–Crippen MR) is 78.7 cm³/mol. The number of nitrogens with zero attached hydrogens (tertiary/aromatic N) is 1. The highest BCUT2D eigenvalue weighted by Gasteiger charge is 2.18. The van der Waals surface area contributed by atoms with Crippen LogP contribution in [-0.4, -0.2) is 18.5 Å². The molecule has 1 atom stereocenters. The first kappa shape index (κ1) is 14.2. The molecule has 4 heteroatoms. The Morgan fingerprint density at radius 1 is 1.37 bits per heavy atom. The fourth-order valence-corrected chi connectivity index (χ4v) is 3.35. The van der Waals surface area contributed by atoms with Gasteiger partial charge in [0.25, 0.3) is 0 Å². The van der Waals surface area contributed by atoms with E-state index in [2.05, 4.69) is 23.3 Å². The number of halogens is 1. The summed E-state index contributed by atoms with van der Waals surface area (Å²) in [5.74, 6) is -0.192. The summed E-state index contributed by atoms with van der Waals surface area (Å²) in [6.45, 7) is 3.36. The molecule has 1 heterocycles. The minimum atomic E-state index is -0.192. The SMILES string of the molecule is Cc1ccsc1C(CN)N(C)Cc1cccc(F)c1. The van der Waals surface area contributed by atoms with E-state index < -0.39 is 0 Å². The van der Waals surface area contributed by atoms with Crippen molar-refractivity contribution in [2.45, 2.75) is 19.5 Å². The van der Waals surface area contributed by atoms with Crippen molar-refractivity contribution < 1.29 is 4.39 Å². The van der Waals surface area contributed by atoms with E-state index >= 15 is 0 Å². The number of aryl methyl sites for hydroxylation is 1. The number of hydrogen-bond acceptors (Lipinski definition) is 3. The number of likely N-dealkylation sites (N-methyl/N-ethyl adjacent to an activating group) is 1. The van der Waals surface area contributed by atoms with Gasteiger partial charge in [-0.1, -0.05) is 12.1 Å². The van der Waals surface area contributed by atoms with Gasteiger partial charge in [0.05, 0.1) is 6.04 Å². The van der Waals surface area contributed by atoms with E-state index in [0.29, 0.717) is 13.1 Å². The molecule has 0 saturated heterocycles. The monoisotopic (exact) mass is 278 g/mol. The summed E-state index contributed by atoms with van der Waals surface area (Å²) in [5.41, 5.74) is 8.15. The summed E-state index contributed by atoms with van der Waals surface area (Å²) in [7, 11) is 2.03. The summed E-state index contributed by atoms with van der Waals surface area (Å²) in [4.78, 5) is 3.47. The Kier molecular flexibility index (Phi) is 4.69. The first-order valence-electron chi connectivity index (χ1n) is 6.30. The highest BCUT2D eigenvalue weighted by atomic mass is 32.1. The normalized spacial score (nSPS) is 12.9. The lowest BCUT2D eigenvalue weighted by Crippen LogP contribution is -2.30. The molecule has 19 heavy (non-hydrogen) atoms. The quantitative estimate of drug-likeness (QED) is 0.909. The van der Waals surface area contributed by atoms with Crippen molar-refractivity contribution in [2.75, 3.05) is 13.6 Å². The van der Waals surface area contributed by atoms with Gasteiger partial charge in [0.1, 0.15) is 5.82 Å². The maximum atomic E-state index is 13.2. The average molecular weight is 278 g/mol. The third-order valence-electron chi connectivity index (χ3n) is 3.28. The van der Waals surface area contributed by atoms with E-state index in [-0.39, 0.29) is 11.9 Å². The zero-order valence-corrected chi connectivity index (χ0v) is 12.1. The largest absolute Gasteiger partial charge is 0.329 e. The molecule has 0 saturated carbocycles. The second-order valence-corrected chi connectivity index (χ2v) is 5.71. The summed E-state index contributed by atoms with van der Waals surface area (Å²) in [6.07, 6.45) is 0. The molecule has 0 fully saturated rings. The lowest BCUT2D eigenvalue weighted by molar-refractivity contribution is 0.244. The van der Waals surface area contributed by atoms with Gasteiger partial charge in [0, 0.05) is 18.0 Å². The van der Waals surface area contributed by atoms with Crippen LogP contribution >= 0.6 is 11.3 Å². The van der Waals surface area contributed by atoms with Crippen LogP contribution in [0.25, 0.3) is 0 Å². The Morgan fingerprint density at radius 2 is 2.16 bits per heavy atom. The molecule has 2 aromatic rings. The van der Waals surface area contributed by atoms with Crippen molar-refractivity contribution in [2.24, 2.45) is 5.73 Å². The fraction of sp³-hybridized carbons (Fsp3) is 0.333. The van der Waals surface area contributed by atoms with Crippen LogP contribution in [0.15, 0.2) is 35.7 Å². The molecular weight excluding hydrogens is 259 g/mol. The van der Waals surface area contributed by atoms with E-state index in [4.69, 9.17) is 5.73 Å². The van der Waals surface area contributed by atoms with Crippen LogP contribution < -0.4 is 5.73 Å². The molecule has 0 aliphatic heterocycles. The van der Waals surface area contributed by atoms with E-state index in [9.17, 15) is 4.39 Å². The molecule has 0 bridgehead atoms. The highest BCUT2D eigenvalue weighted by molar-refractivity contribution is 7.10. The van der Waals surface area contributed by atoms with Crippen LogP contribution in [0.5, 0.6) is 0 Å². The van der Waals surface area contributed by atoms with Crippen molar-refractivity contribution in [3.05, 3.63) is 57.5 Å². The Hall–Kier alpha value is -1.23. The summed E-state index contributed by atoms with van der Waals surface area (Å²) >= 11 is 1.73. The number of rotatable bonds is 5. The molecular formula is C15H19FN2S. The van der Waals surface area contributed by atoms with Gasteiger partial charge in [-0.3, -0.25) is 4.90 Å². The van der Waals surface area contributed by atoms with Crippen LogP contribution in [0.3, 0.4) is 0 Å². The van der Waals surface area contributed by atoms with Gasteiger partial charge in [-0.15, -0.1) is 11.3 Å². The second kappa shape index (κ2) is 6.28. The van der Waals surface area contributed by atoms with Gasteiger partial charge in [0.15, 0.2) is 0 Å². The Balaban J connectivity index is 2.14. The first-order valence-corrected chi connectivity index (χ1v) is 7.18. The van der Waals surface area contributed by atoms with Crippen molar-refractivity contribution in [3.63, 3.8) is 0 Å². The van der Waals surface area contributed by atoms with Crippen LogP contribution in [0.1, 0.15) is 22.0 Å². The average Bonchev–Trinajstić information content (AvgIpc) is 2.77. The lowest BCUT2D eigenvalue weighted by atomic mass is 10.1. The maximum Gasteiger partial charge on any atom is 0.123 e. The third-order valence-corrected chi connectivity index (χ3v) is 4.40. The fourth-order valence-electron chi connectivity index (χ4n) is 2.25. The number of benzene rings is 1. The van der Waals surface area contributed by atoms with Crippen LogP contribution in [0.4, 0.5) is 4.39 Å². The molecule has 2 N–H and O–H groups in total. The van der Waals surface area contributed by atoms with Gasteiger partial charge in [0.2, 0.25) is 0 Å². The van der Waals surface area contributed by atoms with Gasteiger partial charge in [-0.05, 0) is 48.7 Å². The molecule has 0 radical (unpaired) electrons. The standard InChI is InChI=1S/C15H19FN2S/c1-11-6-7-19-15(11)14(9-17)18(2)10-12-4-3-5-13(16)8-12/h3-8,14H,9-10,17H2,1-2H3. The summed E-state index contributed by atoms with van der Waals surface area (Å²) in [5, 5.41) is 2.09. The van der Waals surface area contributed by atoms with Crippen molar-refractivity contribution in [1.82, 2.24) is 4.90 Å². The number of thiophene rings is 1. The molecule has 102 valence electrons. The smallest absolute Gasteiger partial charge is 0.123 e. The minimum absolute atomic E-state index is 0.184. The highest BCUT2D eigenvalue weighted by Crippen LogP contribution is 2.28. The van der Waals surface area contributed by atoms with E-state index in [1.807, 2.05) is 13.1 Å². The first-order chi connectivity index (χ1) is 9.11. The Labute approximate surface area is 117 Å². The topological polar surface area (TPSA) is 29.3 Å². The third kappa shape index (κ3) is 3.41. The number of hydrogen-bond donors (Lipinski definition) is 1. The van der Waals surface area contributed by atoms with E-state index in [1.54, 1.807) is 23.5 Å². The molecule has 0 spiro atoms. The van der Waals surface area contributed by atoms with Crippen LogP contribution in [0, 0.1) is 12.7 Å². The maximum absolute atomic E-state index is 13.2. The number of nitrogens with two attached hydrogens (primary N) is 1. The lowest BCUT2D eigenvalue weighted by Gasteiger charge is -2.27. The molecule has 0 amide bonds. The van der Waals surface area contributed by atoms with Gasteiger partial charge in [-0.25, -0.2) is 4.39 Å². The van der Waals surface area contributed by atoms with Gasteiger partial charge in [-0.2, -0.15) is 0 Å². The zero-order chi connectivity index (χ0) is 13.8. The Morgan fingerprint density at radius 3 is 2.74 bits per heavy atom. The Bertz CT molecular complexity index is 538. The molecule has 2 rings (SSSR count). The zero-order valence-electron chi connectivity index (χ0n) is 11.3. The molecule has 1 aromatic heterocycles. The van der Waals surface area contributed by atoms with Crippen molar-refractivity contribution in [1.29, 1.82) is 0 Å². The van der Waals surface area contributed by atoms with Gasteiger partial charge >= 0.3 is 0 Å². The predicted octanol–water partition coefficient (Wildman–Crippen LogP) is 3.33. The molecule has 1 aromatic carbocycles. The van der Waals surface area contributed by atoms with Crippen molar-refractivity contribution >= 4 is 11.3 Å². The van der Waals surface area contributed by atoms with E-state index in [1.165, 1.54) is 16.5 Å². The summed E-state index contributed by atoms with van der Waals surface area (Å²) < 4.78 is 13.2. The van der Waals surface area contributed by atoms with E-state index in [0.717, 1.165) is 5.56 Å². The molecule has 0 aliphatic carbocycles. The minimum Gasteiger partial charge on any atom is -0.329 e. The summed E-state index contributed by atoms with van der Waals surface area (Å²) in [6, 6.07) is 9.02. The van der Waals surface area contributed by atoms with Gasteiger partial charge < -0.3 is 5.73 Å². The molecule has 0 aliphatic rings. The van der Waals surface area contributed by atoms with Crippen molar-refractivity contribution in [3.8, 4) is 0 Å². The second-order valence-electron chi connectivity index (χ2n) is 4.76. The molecule has 2 nitrogen and oxygen atoms in total. The van der Waals surface area contributed by atoms with Crippen LogP contribution in [-0.2, 0) is 6.54 Å². The molecule has 1 unspecified atom stereocenters.